The van der Waals surface area contributed by atoms with Crippen LogP contribution < -0.4 is 5.32 Å². The van der Waals surface area contributed by atoms with E-state index < -0.39 is 11.6 Å². The molecule has 19 heavy (non-hydrogen) atoms. The Bertz CT molecular complexity index is 549. The summed E-state index contributed by atoms with van der Waals surface area (Å²) in [5.74, 6) is -1.61. The van der Waals surface area contributed by atoms with Crippen LogP contribution in [0, 0.1) is 11.6 Å². The third-order valence-electron chi connectivity index (χ3n) is 3.13. The van der Waals surface area contributed by atoms with Crippen molar-refractivity contribution in [3.8, 4) is 0 Å². The van der Waals surface area contributed by atoms with Crippen molar-refractivity contribution in [3.05, 3.63) is 59.4 Å². The van der Waals surface area contributed by atoms with E-state index in [2.05, 4.69) is 19.2 Å². The number of hydrogen-bond acceptors (Lipinski definition) is 1. The Morgan fingerprint density at radius 3 is 2.68 bits per heavy atom. The zero-order chi connectivity index (χ0) is 13.8. The number of halogens is 2. The minimum Gasteiger partial charge on any atom is -0.350 e. The molecule has 1 heterocycles. The Morgan fingerprint density at radius 1 is 1.21 bits per heavy atom. The first-order chi connectivity index (χ1) is 9.10. The predicted octanol–water partition coefficient (Wildman–Crippen LogP) is 3.49. The zero-order valence-electron chi connectivity index (χ0n) is 11.2. The highest BCUT2D eigenvalue weighted by Gasteiger charge is 2.07. The molecule has 0 saturated heterocycles. The third-order valence-corrected chi connectivity index (χ3v) is 3.13. The molecule has 0 spiro atoms. The Labute approximate surface area is 112 Å². The number of rotatable bonds is 5. The van der Waals surface area contributed by atoms with E-state index in [4.69, 9.17) is 0 Å². The highest BCUT2D eigenvalue weighted by Crippen LogP contribution is 2.15. The third kappa shape index (κ3) is 3.41. The maximum atomic E-state index is 13.1. The first kappa shape index (κ1) is 13.7. The summed E-state index contributed by atoms with van der Waals surface area (Å²) in [6.07, 6.45) is 3.97. The lowest BCUT2D eigenvalue weighted by Crippen LogP contribution is -2.17. The Hall–Kier alpha value is -1.68. The van der Waals surface area contributed by atoms with Crippen molar-refractivity contribution >= 4 is 0 Å². The van der Waals surface area contributed by atoms with Crippen LogP contribution >= 0.6 is 0 Å². The van der Waals surface area contributed by atoms with Crippen LogP contribution in [-0.4, -0.2) is 11.1 Å². The van der Waals surface area contributed by atoms with Crippen LogP contribution in [0.1, 0.15) is 31.0 Å². The van der Waals surface area contributed by atoms with Gasteiger partial charge >= 0.3 is 0 Å². The maximum Gasteiger partial charge on any atom is 0.159 e. The molecule has 0 bridgehead atoms. The molecule has 102 valence electrons. The van der Waals surface area contributed by atoms with E-state index in [0.29, 0.717) is 6.54 Å². The van der Waals surface area contributed by atoms with E-state index in [0.717, 1.165) is 18.2 Å². The number of benzene rings is 1. The van der Waals surface area contributed by atoms with Crippen LogP contribution in [0.5, 0.6) is 0 Å². The molecule has 1 atom stereocenters. The monoisotopic (exact) mass is 264 g/mol. The summed E-state index contributed by atoms with van der Waals surface area (Å²) in [7, 11) is 0. The second-order valence-electron chi connectivity index (χ2n) is 4.64. The number of nitrogens with one attached hydrogen (secondary N) is 1. The van der Waals surface area contributed by atoms with Crippen molar-refractivity contribution in [2.24, 2.45) is 0 Å². The van der Waals surface area contributed by atoms with Gasteiger partial charge in [0.1, 0.15) is 0 Å². The lowest BCUT2D eigenvalue weighted by Gasteiger charge is -2.10. The molecule has 2 aromatic rings. The molecular formula is C15H18F2N2. The van der Waals surface area contributed by atoms with Crippen LogP contribution in [0.15, 0.2) is 36.7 Å². The Kier molecular flexibility index (Phi) is 4.32. The van der Waals surface area contributed by atoms with Crippen molar-refractivity contribution < 1.29 is 8.78 Å². The van der Waals surface area contributed by atoms with Gasteiger partial charge in [-0.2, -0.15) is 0 Å². The molecule has 0 aliphatic heterocycles. The molecule has 0 saturated carbocycles. The van der Waals surface area contributed by atoms with E-state index in [1.54, 1.807) is 6.07 Å². The van der Waals surface area contributed by atoms with Crippen LogP contribution in [0.2, 0.25) is 0 Å². The summed E-state index contributed by atoms with van der Waals surface area (Å²) in [6.45, 7) is 5.61. The molecule has 0 fully saturated rings. The molecule has 0 aliphatic rings. The summed E-state index contributed by atoms with van der Waals surface area (Å²) in [6, 6.07) is 6.33. The van der Waals surface area contributed by atoms with Gasteiger partial charge in [0, 0.05) is 25.0 Å². The first-order valence-corrected chi connectivity index (χ1v) is 6.43. The fourth-order valence-corrected chi connectivity index (χ4v) is 2.09. The van der Waals surface area contributed by atoms with Crippen LogP contribution in [0.25, 0.3) is 0 Å². The van der Waals surface area contributed by atoms with Gasteiger partial charge in [-0.3, -0.25) is 0 Å². The van der Waals surface area contributed by atoms with Gasteiger partial charge in [-0.05, 0) is 42.8 Å². The quantitative estimate of drug-likeness (QED) is 0.874. The van der Waals surface area contributed by atoms with Crippen LogP contribution in [0.4, 0.5) is 8.78 Å². The van der Waals surface area contributed by atoms with Crippen molar-refractivity contribution in [2.45, 2.75) is 26.4 Å². The molecule has 4 heteroatoms. The van der Waals surface area contributed by atoms with Gasteiger partial charge in [-0.15, -0.1) is 0 Å². The lowest BCUT2D eigenvalue weighted by molar-refractivity contribution is 0.506. The molecule has 0 amide bonds. The van der Waals surface area contributed by atoms with Crippen molar-refractivity contribution in [1.29, 1.82) is 0 Å². The van der Waals surface area contributed by atoms with Gasteiger partial charge < -0.3 is 9.88 Å². The molecule has 0 aliphatic carbocycles. The fraction of sp³-hybridized carbons (Fsp3) is 0.333. The molecule has 2 rings (SSSR count). The molecule has 1 unspecified atom stereocenters. The highest BCUT2D eigenvalue weighted by molar-refractivity contribution is 5.20. The predicted molar refractivity (Wildman–Crippen MR) is 72.0 cm³/mol. The van der Waals surface area contributed by atoms with E-state index >= 15 is 0 Å². The minimum absolute atomic E-state index is 0.288. The largest absolute Gasteiger partial charge is 0.350 e. The first-order valence-electron chi connectivity index (χ1n) is 6.43. The van der Waals surface area contributed by atoms with Crippen LogP contribution in [0.3, 0.4) is 0 Å². The van der Waals surface area contributed by atoms with Gasteiger partial charge in [0.25, 0.3) is 0 Å². The van der Waals surface area contributed by atoms with E-state index in [-0.39, 0.29) is 6.04 Å². The zero-order valence-corrected chi connectivity index (χ0v) is 11.2. The lowest BCUT2D eigenvalue weighted by atomic mass is 10.2. The maximum absolute atomic E-state index is 13.1. The SMILES string of the molecule is CCNC(C)c1ccn(Cc2ccc(F)c(F)c2)c1. The summed E-state index contributed by atoms with van der Waals surface area (Å²) in [5.41, 5.74) is 1.93. The number of aromatic nitrogens is 1. The van der Waals surface area contributed by atoms with Gasteiger partial charge in [-0.1, -0.05) is 13.0 Å². The molecule has 1 aromatic heterocycles. The Balaban J connectivity index is 2.09. The Morgan fingerprint density at radius 2 is 2.00 bits per heavy atom. The van der Waals surface area contributed by atoms with E-state index in [9.17, 15) is 8.78 Å². The minimum atomic E-state index is -0.808. The van der Waals surface area contributed by atoms with Crippen molar-refractivity contribution in [3.63, 3.8) is 0 Å². The normalized spacial score (nSPS) is 12.6. The van der Waals surface area contributed by atoms with Gasteiger partial charge in [0.05, 0.1) is 0 Å². The van der Waals surface area contributed by atoms with Crippen molar-refractivity contribution in [2.75, 3.05) is 6.54 Å². The smallest absolute Gasteiger partial charge is 0.159 e. The average molecular weight is 264 g/mol. The van der Waals surface area contributed by atoms with Crippen LogP contribution in [-0.2, 0) is 6.54 Å². The molecule has 1 N–H and O–H groups in total. The second kappa shape index (κ2) is 5.97. The molecule has 1 aromatic carbocycles. The summed E-state index contributed by atoms with van der Waals surface area (Å²) in [4.78, 5) is 0. The van der Waals surface area contributed by atoms with E-state index in [1.807, 2.05) is 23.0 Å². The van der Waals surface area contributed by atoms with E-state index in [1.165, 1.54) is 11.6 Å². The van der Waals surface area contributed by atoms with Gasteiger partial charge in [-0.25, -0.2) is 8.78 Å². The molecular weight excluding hydrogens is 246 g/mol. The number of hydrogen-bond donors (Lipinski definition) is 1. The topological polar surface area (TPSA) is 17.0 Å². The van der Waals surface area contributed by atoms with Gasteiger partial charge in [0.15, 0.2) is 11.6 Å². The summed E-state index contributed by atoms with van der Waals surface area (Å²) < 4.78 is 27.9. The van der Waals surface area contributed by atoms with Crippen molar-refractivity contribution in [1.82, 2.24) is 9.88 Å². The standard InChI is InChI=1S/C15H18F2N2/c1-3-18-11(2)13-6-7-19(10-13)9-12-4-5-14(16)15(17)8-12/h4-8,10-11,18H,3,9H2,1-2H3. The number of nitrogens with zero attached hydrogens (tertiary/aromatic N) is 1. The second-order valence-corrected chi connectivity index (χ2v) is 4.64. The fourth-order valence-electron chi connectivity index (χ4n) is 2.09. The summed E-state index contributed by atoms with van der Waals surface area (Å²) >= 11 is 0. The summed E-state index contributed by atoms with van der Waals surface area (Å²) in [5, 5.41) is 3.33. The average Bonchev–Trinajstić information content (AvgIpc) is 2.83. The molecule has 2 nitrogen and oxygen atoms in total. The van der Waals surface area contributed by atoms with Gasteiger partial charge in [0.2, 0.25) is 0 Å². The highest BCUT2D eigenvalue weighted by atomic mass is 19.2. The molecule has 0 radical (unpaired) electrons.